The van der Waals surface area contributed by atoms with Crippen LogP contribution in [0.4, 0.5) is 0 Å². The smallest absolute Gasteiger partial charge is 0.0342 e. The number of hydrogen-bond acceptors (Lipinski definition) is 2. The van der Waals surface area contributed by atoms with Crippen LogP contribution in [-0.4, -0.2) is 0 Å². The summed E-state index contributed by atoms with van der Waals surface area (Å²) in [6, 6.07) is 27.7. The van der Waals surface area contributed by atoms with Crippen molar-refractivity contribution < 1.29 is 0 Å². The zero-order valence-electron chi connectivity index (χ0n) is 16.3. The van der Waals surface area contributed by atoms with E-state index in [0.29, 0.717) is 0 Å². The summed E-state index contributed by atoms with van der Waals surface area (Å²) in [5, 5.41) is 4.31. The second-order valence-electron chi connectivity index (χ2n) is 8.22. The van der Waals surface area contributed by atoms with Gasteiger partial charge in [-0.15, -0.1) is 22.7 Å². The van der Waals surface area contributed by atoms with Crippen LogP contribution in [0.1, 0.15) is 22.3 Å². The van der Waals surface area contributed by atoms with Gasteiger partial charge in [-0.25, -0.2) is 0 Å². The number of thiophene rings is 2. The molecule has 2 aliphatic carbocycles. The van der Waals surface area contributed by atoms with Gasteiger partial charge in [-0.05, 0) is 116 Å². The molecule has 0 N–H and O–H groups in total. The number of rotatable bonds is 2. The highest BCUT2D eigenvalue weighted by molar-refractivity contribution is 7.13. The molecule has 0 radical (unpaired) electrons. The van der Waals surface area contributed by atoms with Crippen LogP contribution in [0.5, 0.6) is 0 Å². The van der Waals surface area contributed by atoms with Crippen LogP contribution in [0.15, 0.2) is 83.6 Å². The summed E-state index contributed by atoms with van der Waals surface area (Å²) >= 11 is 3.63. The lowest BCUT2D eigenvalue weighted by Crippen LogP contribution is -1.85. The summed E-state index contributed by atoms with van der Waals surface area (Å²) < 4.78 is 0. The summed E-state index contributed by atoms with van der Waals surface area (Å²) in [5.41, 5.74) is 14.3. The van der Waals surface area contributed by atoms with E-state index in [4.69, 9.17) is 0 Å². The van der Waals surface area contributed by atoms with E-state index in [9.17, 15) is 0 Å². The highest BCUT2D eigenvalue weighted by Gasteiger charge is 2.25. The zero-order valence-corrected chi connectivity index (χ0v) is 17.9. The fourth-order valence-electron chi connectivity index (χ4n) is 5.09. The van der Waals surface area contributed by atoms with Crippen molar-refractivity contribution in [3.05, 3.63) is 106 Å². The van der Waals surface area contributed by atoms with Gasteiger partial charge in [0.15, 0.2) is 0 Å². The maximum absolute atomic E-state index is 2.46. The molecule has 2 heteroatoms. The molecule has 0 spiro atoms. The van der Waals surface area contributed by atoms with Gasteiger partial charge in [0.2, 0.25) is 0 Å². The van der Waals surface area contributed by atoms with E-state index in [1.54, 1.807) is 0 Å². The van der Waals surface area contributed by atoms with Gasteiger partial charge in [-0.3, -0.25) is 0 Å². The van der Waals surface area contributed by atoms with E-state index in [-0.39, 0.29) is 0 Å². The van der Waals surface area contributed by atoms with Crippen molar-refractivity contribution in [1.29, 1.82) is 0 Å². The fraction of sp³-hybridized carbons (Fsp3) is 0.0714. The van der Waals surface area contributed by atoms with Crippen molar-refractivity contribution >= 4 is 22.7 Å². The topological polar surface area (TPSA) is 0 Å². The van der Waals surface area contributed by atoms with Gasteiger partial charge in [0, 0.05) is 9.75 Å². The number of fused-ring (bicyclic) bond motifs is 6. The van der Waals surface area contributed by atoms with Gasteiger partial charge in [-0.1, -0.05) is 36.4 Å². The lowest BCUT2D eigenvalue weighted by atomic mass is 9.97. The SMILES string of the molecule is c1csc(-c2ccc3c(c2)Cc2cc4c(cc2-3)Cc2cc(-c3cccs3)ccc2-4)c1. The Morgan fingerprint density at radius 3 is 1.37 bits per heavy atom. The predicted molar refractivity (Wildman–Crippen MR) is 130 cm³/mol. The lowest BCUT2D eigenvalue weighted by Gasteiger charge is -2.07. The first kappa shape index (κ1) is 16.8. The van der Waals surface area contributed by atoms with Crippen molar-refractivity contribution in [3.63, 3.8) is 0 Å². The van der Waals surface area contributed by atoms with Crippen LogP contribution in [0.25, 0.3) is 43.1 Å². The fourth-order valence-corrected chi connectivity index (χ4v) is 6.54. The van der Waals surface area contributed by atoms with Gasteiger partial charge in [-0.2, -0.15) is 0 Å². The molecule has 0 bridgehead atoms. The van der Waals surface area contributed by atoms with E-state index in [0.717, 1.165) is 12.8 Å². The van der Waals surface area contributed by atoms with Crippen LogP contribution in [0.2, 0.25) is 0 Å². The maximum Gasteiger partial charge on any atom is 0.0342 e. The van der Waals surface area contributed by atoms with Gasteiger partial charge >= 0.3 is 0 Å². The van der Waals surface area contributed by atoms with E-state index >= 15 is 0 Å². The summed E-state index contributed by atoms with van der Waals surface area (Å²) in [6.07, 6.45) is 2.08. The van der Waals surface area contributed by atoms with Gasteiger partial charge < -0.3 is 0 Å². The molecule has 142 valence electrons. The second-order valence-corrected chi connectivity index (χ2v) is 10.1. The molecule has 3 aromatic carbocycles. The molecular formula is C28H18S2. The zero-order chi connectivity index (χ0) is 19.7. The second kappa shape index (κ2) is 6.28. The largest absolute Gasteiger partial charge is 0.144 e. The van der Waals surface area contributed by atoms with E-state index < -0.39 is 0 Å². The monoisotopic (exact) mass is 418 g/mol. The molecule has 30 heavy (non-hydrogen) atoms. The molecule has 2 aromatic heterocycles. The average Bonchev–Trinajstić information content (AvgIpc) is 3.57. The molecular weight excluding hydrogens is 400 g/mol. The third-order valence-electron chi connectivity index (χ3n) is 6.49. The number of hydrogen-bond donors (Lipinski definition) is 0. The Labute approximate surface area is 184 Å². The molecule has 5 aromatic rings. The molecule has 0 nitrogen and oxygen atoms in total. The first-order valence-electron chi connectivity index (χ1n) is 10.3. The Kier molecular flexibility index (Phi) is 3.52. The maximum atomic E-state index is 2.46. The molecule has 0 aliphatic heterocycles. The van der Waals surface area contributed by atoms with E-state index in [1.807, 2.05) is 22.7 Å². The quantitative estimate of drug-likeness (QED) is 0.265. The lowest BCUT2D eigenvalue weighted by molar-refractivity contribution is 1.24. The molecule has 0 saturated carbocycles. The predicted octanol–water partition coefficient (Wildman–Crippen LogP) is 8.29. The van der Waals surface area contributed by atoms with E-state index in [1.165, 1.54) is 65.4 Å². The molecule has 0 unspecified atom stereocenters. The van der Waals surface area contributed by atoms with Crippen molar-refractivity contribution in [2.45, 2.75) is 12.8 Å². The molecule has 0 fully saturated rings. The van der Waals surface area contributed by atoms with Crippen molar-refractivity contribution in [2.75, 3.05) is 0 Å². The van der Waals surface area contributed by atoms with Crippen LogP contribution in [0.3, 0.4) is 0 Å². The highest BCUT2D eigenvalue weighted by atomic mass is 32.1. The van der Waals surface area contributed by atoms with Crippen molar-refractivity contribution in [3.8, 4) is 43.1 Å². The normalized spacial score (nSPS) is 13.1. The first-order valence-corrected chi connectivity index (χ1v) is 12.1. The van der Waals surface area contributed by atoms with Crippen LogP contribution >= 0.6 is 22.7 Å². The minimum absolute atomic E-state index is 1.04. The third kappa shape index (κ3) is 2.44. The third-order valence-corrected chi connectivity index (χ3v) is 8.33. The summed E-state index contributed by atoms with van der Waals surface area (Å²) in [6.45, 7) is 0. The van der Waals surface area contributed by atoms with Gasteiger partial charge in [0.25, 0.3) is 0 Å². The Morgan fingerprint density at radius 1 is 0.467 bits per heavy atom. The highest BCUT2D eigenvalue weighted by Crippen LogP contribution is 2.46. The minimum Gasteiger partial charge on any atom is -0.144 e. The molecule has 0 amide bonds. The molecule has 2 aliphatic rings. The average molecular weight is 419 g/mol. The minimum atomic E-state index is 1.04. The van der Waals surface area contributed by atoms with Crippen LogP contribution in [-0.2, 0) is 12.8 Å². The summed E-state index contributed by atoms with van der Waals surface area (Å²) in [4.78, 5) is 2.71. The van der Waals surface area contributed by atoms with Crippen molar-refractivity contribution in [2.24, 2.45) is 0 Å². The Hall–Kier alpha value is -2.94. The Balaban J connectivity index is 1.29. The summed E-state index contributed by atoms with van der Waals surface area (Å²) in [5.74, 6) is 0. The first-order chi connectivity index (χ1) is 14.8. The van der Waals surface area contributed by atoms with E-state index in [2.05, 4.69) is 83.6 Å². The van der Waals surface area contributed by atoms with Crippen LogP contribution < -0.4 is 0 Å². The standard InChI is InChI=1S/C28H18S2/c1-3-27(29-9-1)17-5-7-23-19(11-17)13-21-15-26-22(16-25(21)23)14-20-12-18(6-8-24(20)26)28-4-2-10-30-28/h1-12,15-16H,13-14H2. The van der Waals surface area contributed by atoms with Crippen molar-refractivity contribution in [1.82, 2.24) is 0 Å². The Morgan fingerprint density at radius 2 is 0.933 bits per heavy atom. The molecule has 0 saturated heterocycles. The molecule has 0 atom stereocenters. The number of benzene rings is 3. The molecule has 2 heterocycles. The van der Waals surface area contributed by atoms with Gasteiger partial charge in [0.05, 0.1) is 0 Å². The van der Waals surface area contributed by atoms with Crippen LogP contribution in [0, 0.1) is 0 Å². The van der Waals surface area contributed by atoms with Gasteiger partial charge in [0.1, 0.15) is 0 Å². The summed E-state index contributed by atoms with van der Waals surface area (Å²) in [7, 11) is 0. The molecule has 7 rings (SSSR count). The Bertz CT molecular complexity index is 1310.